The van der Waals surface area contributed by atoms with E-state index in [0.717, 1.165) is 17.5 Å². The van der Waals surface area contributed by atoms with E-state index in [9.17, 15) is 13.6 Å². The molecule has 0 radical (unpaired) electrons. The normalized spacial score (nSPS) is 24.7. The molecule has 19 heavy (non-hydrogen) atoms. The summed E-state index contributed by atoms with van der Waals surface area (Å²) in [6, 6.07) is 5.21. The Morgan fingerprint density at radius 3 is 2.79 bits per heavy atom. The highest BCUT2D eigenvalue weighted by atomic mass is 35.5. The molecule has 3 rings (SSSR count). The molecular weight excluding hydrogens is 272 g/mol. The summed E-state index contributed by atoms with van der Waals surface area (Å²) in [4.78, 5) is 12.2. The highest BCUT2D eigenvalue weighted by molar-refractivity contribution is 6.31. The number of nitrogens with one attached hydrogen (secondary N) is 1. The minimum atomic E-state index is -2.61. The molecule has 0 aliphatic heterocycles. The average molecular weight is 286 g/mol. The molecule has 1 N–H and O–H groups in total. The third kappa shape index (κ3) is 2.34. The highest BCUT2D eigenvalue weighted by Gasteiger charge is 2.46. The van der Waals surface area contributed by atoms with Gasteiger partial charge >= 0.3 is 0 Å². The number of aryl methyl sites for hydroxylation is 1. The van der Waals surface area contributed by atoms with Gasteiger partial charge in [-0.25, -0.2) is 8.78 Å². The van der Waals surface area contributed by atoms with Crippen LogP contribution in [-0.4, -0.2) is 17.9 Å². The Labute approximate surface area is 115 Å². The molecule has 1 fully saturated rings. The molecule has 1 atom stereocenters. The minimum Gasteiger partial charge on any atom is -0.352 e. The van der Waals surface area contributed by atoms with Gasteiger partial charge in [-0.2, -0.15) is 0 Å². The fourth-order valence-corrected chi connectivity index (χ4v) is 3.29. The van der Waals surface area contributed by atoms with Crippen LogP contribution in [0.25, 0.3) is 0 Å². The molecule has 0 saturated heterocycles. The van der Waals surface area contributed by atoms with E-state index in [2.05, 4.69) is 5.32 Å². The summed E-state index contributed by atoms with van der Waals surface area (Å²) in [6.45, 7) is 0. The summed E-state index contributed by atoms with van der Waals surface area (Å²) in [6.07, 6.45) is 1.02. The van der Waals surface area contributed by atoms with Crippen molar-refractivity contribution in [2.24, 2.45) is 0 Å². The van der Waals surface area contributed by atoms with E-state index >= 15 is 0 Å². The van der Waals surface area contributed by atoms with Crippen LogP contribution in [0.5, 0.6) is 0 Å². The van der Waals surface area contributed by atoms with Crippen LogP contribution in [0, 0.1) is 0 Å². The number of carbonyl (C=O) groups is 1. The molecule has 0 heterocycles. The second kappa shape index (κ2) is 4.44. The van der Waals surface area contributed by atoms with E-state index in [1.165, 1.54) is 0 Å². The van der Waals surface area contributed by atoms with E-state index in [1.54, 1.807) is 6.07 Å². The summed E-state index contributed by atoms with van der Waals surface area (Å²) in [5, 5.41) is 3.30. The number of alkyl halides is 2. The molecule has 1 amide bonds. The summed E-state index contributed by atoms with van der Waals surface area (Å²) < 4.78 is 25.5. The van der Waals surface area contributed by atoms with Gasteiger partial charge in [-0.05, 0) is 30.0 Å². The SMILES string of the molecule is O=C(NC1CC(F)(F)C1)[C@@H]1CCc2cccc(Cl)c21. The lowest BCUT2D eigenvalue weighted by Crippen LogP contribution is -2.51. The molecule has 0 bridgehead atoms. The van der Waals surface area contributed by atoms with Gasteiger partial charge in [-0.15, -0.1) is 0 Å². The molecule has 0 aromatic heterocycles. The Morgan fingerprint density at radius 2 is 2.11 bits per heavy atom. The van der Waals surface area contributed by atoms with Gasteiger partial charge in [0.25, 0.3) is 5.92 Å². The van der Waals surface area contributed by atoms with Crippen molar-refractivity contribution >= 4 is 17.5 Å². The number of benzene rings is 1. The molecule has 2 aliphatic carbocycles. The van der Waals surface area contributed by atoms with Crippen LogP contribution in [0.3, 0.4) is 0 Å². The van der Waals surface area contributed by atoms with E-state index in [-0.39, 0.29) is 24.7 Å². The van der Waals surface area contributed by atoms with Gasteiger partial charge in [0.05, 0.1) is 5.92 Å². The summed E-state index contributed by atoms with van der Waals surface area (Å²) in [7, 11) is 0. The van der Waals surface area contributed by atoms with E-state index in [0.29, 0.717) is 11.4 Å². The van der Waals surface area contributed by atoms with Gasteiger partial charge in [0, 0.05) is 23.9 Å². The van der Waals surface area contributed by atoms with E-state index in [1.807, 2.05) is 12.1 Å². The van der Waals surface area contributed by atoms with Gasteiger partial charge in [0.2, 0.25) is 5.91 Å². The lowest BCUT2D eigenvalue weighted by Gasteiger charge is -2.36. The number of carbonyl (C=O) groups excluding carboxylic acids is 1. The van der Waals surface area contributed by atoms with Crippen LogP contribution >= 0.6 is 11.6 Å². The van der Waals surface area contributed by atoms with Crippen LogP contribution in [0.2, 0.25) is 5.02 Å². The molecule has 1 aromatic rings. The molecule has 0 unspecified atom stereocenters. The predicted octanol–water partition coefficient (Wildman–Crippen LogP) is 3.28. The Hall–Kier alpha value is -1.16. The summed E-state index contributed by atoms with van der Waals surface area (Å²) >= 11 is 6.14. The number of rotatable bonds is 2. The first-order valence-electron chi connectivity index (χ1n) is 6.42. The number of hydrogen-bond acceptors (Lipinski definition) is 1. The molecule has 2 aliphatic rings. The first kappa shape index (κ1) is 12.9. The Morgan fingerprint density at radius 1 is 1.37 bits per heavy atom. The number of fused-ring (bicyclic) bond motifs is 1. The number of amides is 1. The van der Waals surface area contributed by atoms with E-state index < -0.39 is 12.0 Å². The van der Waals surface area contributed by atoms with Crippen molar-refractivity contribution in [1.29, 1.82) is 0 Å². The molecule has 0 spiro atoms. The van der Waals surface area contributed by atoms with Crippen molar-refractivity contribution in [3.63, 3.8) is 0 Å². The van der Waals surface area contributed by atoms with Crippen molar-refractivity contribution in [3.05, 3.63) is 34.3 Å². The fourth-order valence-electron chi connectivity index (χ4n) is 2.96. The molecular formula is C14H14ClF2NO. The molecule has 2 nitrogen and oxygen atoms in total. The van der Waals surface area contributed by atoms with Crippen molar-refractivity contribution in [1.82, 2.24) is 5.32 Å². The van der Waals surface area contributed by atoms with Gasteiger partial charge in [-0.1, -0.05) is 23.7 Å². The van der Waals surface area contributed by atoms with Gasteiger partial charge < -0.3 is 5.32 Å². The second-order valence-corrected chi connectivity index (χ2v) is 5.78. The van der Waals surface area contributed by atoms with Crippen molar-refractivity contribution < 1.29 is 13.6 Å². The van der Waals surface area contributed by atoms with Crippen LogP contribution in [0.4, 0.5) is 8.78 Å². The average Bonchev–Trinajstić information content (AvgIpc) is 2.71. The zero-order valence-electron chi connectivity index (χ0n) is 10.3. The van der Waals surface area contributed by atoms with Crippen LogP contribution in [0.1, 0.15) is 36.3 Å². The maximum atomic E-state index is 12.7. The molecule has 5 heteroatoms. The Bertz CT molecular complexity index is 524. The zero-order chi connectivity index (χ0) is 13.6. The smallest absolute Gasteiger partial charge is 0.252 e. The van der Waals surface area contributed by atoms with Gasteiger partial charge in [0.15, 0.2) is 0 Å². The minimum absolute atomic E-state index is 0.174. The van der Waals surface area contributed by atoms with Crippen molar-refractivity contribution in [2.75, 3.05) is 0 Å². The fraction of sp³-hybridized carbons (Fsp3) is 0.500. The topological polar surface area (TPSA) is 29.1 Å². The van der Waals surface area contributed by atoms with Crippen LogP contribution in [0.15, 0.2) is 18.2 Å². The maximum Gasteiger partial charge on any atom is 0.252 e. The largest absolute Gasteiger partial charge is 0.352 e. The standard InChI is InChI=1S/C14H14ClF2NO/c15-11-3-1-2-8-4-5-10(12(8)11)13(19)18-9-6-14(16,17)7-9/h1-3,9-10H,4-7H2,(H,18,19)/t10-/m1/s1. The summed E-state index contributed by atoms with van der Waals surface area (Å²) in [5.41, 5.74) is 1.96. The Balaban J connectivity index is 1.70. The number of hydrogen-bond donors (Lipinski definition) is 1. The lowest BCUT2D eigenvalue weighted by atomic mass is 9.87. The quantitative estimate of drug-likeness (QED) is 0.888. The number of halogens is 3. The lowest BCUT2D eigenvalue weighted by molar-refractivity contribution is -0.130. The third-order valence-corrected chi connectivity index (χ3v) is 4.28. The van der Waals surface area contributed by atoms with Gasteiger partial charge in [-0.3, -0.25) is 4.79 Å². The van der Waals surface area contributed by atoms with Crippen LogP contribution in [-0.2, 0) is 11.2 Å². The zero-order valence-corrected chi connectivity index (χ0v) is 11.0. The predicted molar refractivity (Wildman–Crippen MR) is 68.6 cm³/mol. The monoisotopic (exact) mass is 285 g/mol. The van der Waals surface area contributed by atoms with Gasteiger partial charge in [0.1, 0.15) is 0 Å². The molecule has 102 valence electrons. The maximum absolute atomic E-state index is 12.7. The summed E-state index contributed by atoms with van der Waals surface area (Å²) in [5.74, 6) is -3.08. The Kier molecular flexibility index (Phi) is 3.01. The first-order valence-corrected chi connectivity index (χ1v) is 6.79. The second-order valence-electron chi connectivity index (χ2n) is 5.37. The first-order chi connectivity index (χ1) is 8.96. The highest BCUT2D eigenvalue weighted by Crippen LogP contribution is 2.40. The third-order valence-electron chi connectivity index (χ3n) is 3.95. The van der Waals surface area contributed by atoms with Crippen molar-refractivity contribution in [3.8, 4) is 0 Å². The van der Waals surface area contributed by atoms with Crippen molar-refractivity contribution in [2.45, 2.75) is 43.6 Å². The van der Waals surface area contributed by atoms with Crippen LogP contribution < -0.4 is 5.32 Å². The molecule has 1 saturated carbocycles. The van der Waals surface area contributed by atoms with E-state index in [4.69, 9.17) is 11.6 Å². The molecule has 1 aromatic carbocycles.